The lowest BCUT2D eigenvalue weighted by atomic mass is 10.3. The first kappa shape index (κ1) is 16.5. The predicted molar refractivity (Wildman–Crippen MR) is 72.5 cm³/mol. The van der Waals surface area contributed by atoms with Crippen LogP contribution >= 0.6 is 15.9 Å². The molecule has 21 heavy (non-hydrogen) atoms. The Balaban J connectivity index is 2.28. The van der Waals surface area contributed by atoms with Crippen LogP contribution in [-0.2, 0) is 10.0 Å². The molecule has 0 spiro atoms. The van der Waals surface area contributed by atoms with Crippen LogP contribution in [0, 0.1) is 0 Å². The van der Waals surface area contributed by atoms with Crippen LogP contribution in [0.2, 0.25) is 0 Å². The number of hydrogen-bond acceptors (Lipinski definition) is 4. The van der Waals surface area contributed by atoms with Gasteiger partial charge in [0.1, 0.15) is 5.75 Å². The number of nitrogens with zero attached hydrogens (tertiary/aromatic N) is 1. The molecule has 1 aromatic carbocycles. The molecular formula is C11H12BrF3N2O3S. The first-order chi connectivity index (χ1) is 9.70. The van der Waals surface area contributed by atoms with Crippen LogP contribution in [0.4, 0.5) is 13.2 Å². The van der Waals surface area contributed by atoms with Crippen LogP contribution in [0.5, 0.6) is 5.75 Å². The smallest absolute Gasteiger partial charge is 0.406 e. The molecule has 118 valence electrons. The third-order valence-electron chi connectivity index (χ3n) is 2.83. The van der Waals surface area contributed by atoms with Gasteiger partial charge in [-0.15, -0.1) is 13.2 Å². The second-order valence-corrected chi connectivity index (χ2v) is 7.05. The molecule has 1 heterocycles. The first-order valence-electron chi connectivity index (χ1n) is 5.96. The molecule has 0 atom stereocenters. The topological polar surface area (TPSA) is 58.6 Å². The van der Waals surface area contributed by atoms with Crippen molar-refractivity contribution in [3.05, 3.63) is 22.7 Å². The Morgan fingerprint density at radius 1 is 1.24 bits per heavy atom. The van der Waals surface area contributed by atoms with E-state index in [1.165, 1.54) is 4.31 Å². The molecule has 0 amide bonds. The third-order valence-corrected chi connectivity index (χ3v) is 5.71. The van der Waals surface area contributed by atoms with Gasteiger partial charge in [0, 0.05) is 30.7 Å². The molecule has 1 aliphatic heterocycles. The van der Waals surface area contributed by atoms with Gasteiger partial charge in [0.15, 0.2) is 0 Å². The lowest BCUT2D eigenvalue weighted by molar-refractivity contribution is -0.274. The van der Waals surface area contributed by atoms with E-state index in [1.807, 2.05) is 0 Å². The minimum absolute atomic E-state index is 0.0304. The van der Waals surface area contributed by atoms with Crippen molar-refractivity contribution in [3.63, 3.8) is 0 Å². The number of rotatable bonds is 3. The van der Waals surface area contributed by atoms with Gasteiger partial charge in [-0.2, -0.15) is 4.31 Å². The van der Waals surface area contributed by atoms with Gasteiger partial charge in [-0.05, 0) is 34.1 Å². The fourth-order valence-electron chi connectivity index (χ4n) is 1.91. The van der Waals surface area contributed by atoms with Crippen molar-refractivity contribution in [1.29, 1.82) is 0 Å². The van der Waals surface area contributed by atoms with Crippen LogP contribution < -0.4 is 10.1 Å². The summed E-state index contributed by atoms with van der Waals surface area (Å²) in [5.41, 5.74) is 0. The summed E-state index contributed by atoms with van der Waals surface area (Å²) in [6, 6.07) is 3.07. The van der Waals surface area contributed by atoms with Gasteiger partial charge in [-0.1, -0.05) is 0 Å². The Morgan fingerprint density at radius 2 is 1.86 bits per heavy atom. The fraction of sp³-hybridized carbons (Fsp3) is 0.455. The Labute approximate surface area is 128 Å². The lowest BCUT2D eigenvalue weighted by Gasteiger charge is -2.27. The van der Waals surface area contributed by atoms with E-state index in [-0.39, 0.29) is 9.37 Å². The average molecular weight is 389 g/mol. The van der Waals surface area contributed by atoms with Crippen LogP contribution in [0.1, 0.15) is 0 Å². The SMILES string of the molecule is O=S(=O)(c1ccc(OC(F)(F)F)cc1Br)N1CCNCC1. The largest absolute Gasteiger partial charge is 0.573 e. The molecule has 1 saturated heterocycles. The summed E-state index contributed by atoms with van der Waals surface area (Å²) in [6.45, 7) is 1.70. The lowest BCUT2D eigenvalue weighted by Crippen LogP contribution is -2.46. The number of sulfonamides is 1. The highest BCUT2D eigenvalue weighted by molar-refractivity contribution is 9.10. The van der Waals surface area contributed by atoms with Crippen LogP contribution in [-0.4, -0.2) is 45.3 Å². The second-order valence-electron chi connectivity index (χ2n) is 4.29. The normalized spacial score (nSPS) is 17.7. The zero-order valence-electron chi connectivity index (χ0n) is 10.7. The standard InChI is InChI=1S/C11H12BrF3N2O3S/c12-9-7-8(20-11(13,14)15)1-2-10(9)21(18,19)17-5-3-16-4-6-17/h1-2,7,16H,3-6H2. The number of halogens is 4. The summed E-state index contributed by atoms with van der Waals surface area (Å²) in [4.78, 5) is -0.0843. The first-order valence-corrected chi connectivity index (χ1v) is 8.19. The molecule has 0 bridgehead atoms. The van der Waals surface area contributed by atoms with Gasteiger partial charge >= 0.3 is 6.36 Å². The molecular weight excluding hydrogens is 377 g/mol. The molecule has 0 unspecified atom stereocenters. The maximum absolute atomic E-state index is 12.4. The van der Waals surface area contributed by atoms with Crippen molar-refractivity contribution >= 4 is 26.0 Å². The van der Waals surface area contributed by atoms with Crippen molar-refractivity contribution in [2.75, 3.05) is 26.2 Å². The van der Waals surface area contributed by atoms with E-state index in [0.29, 0.717) is 26.2 Å². The molecule has 1 aliphatic rings. The molecule has 10 heteroatoms. The van der Waals surface area contributed by atoms with E-state index in [9.17, 15) is 21.6 Å². The van der Waals surface area contributed by atoms with E-state index in [1.54, 1.807) is 0 Å². The Hall–Kier alpha value is -0.840. The van der Waals surface area contributed by atoms with Gasteiger partial charge in [0.25, 0.3) is 0 Å². The van der Waals surface area contributed by atoms with Gasteiger partial charge < -0.3 is 10.1 Å². The number of nitrogens with one attached hydrogen (secondary N) is 1. The third kappa shape index (κ3) is 4.09. The monoisotopic (exact) mass is 388 g/mol. The molecule has 1 aromatic rings. The number of ether oxygens (including phenoxy) is 1. The highest BCUT2D eigenvalue weighted by atomic mass is 79.9. The van der Waals surface area contributed by atoms with E-state index < -0.39 is 22.1 Å². The minimum Gasteiger partial charge on any atom is -0.406 e. The van der Waals surface area contributed by atoms with Gasteiger partial charge in [-0.3, -0.25) is 0 Å². The number of piperazine rings is 1. The van der Waals surface area contributed by atoms with Crippen LogP contribution in [0.15, 0.2) is 27.6 Å². The van der Waals surface area contributed by atoms with Crippen molar-refractivity contribution in [2.45, 2.75) is 11.3 Å². The molecule has 0 saturated carbocycles. The van der Waals surface area contributed by atoms with Crippen LogP contribution in [0.3, 0.4) is 0 Å². The Bertz CT molecular complexity index is 616. The summed E-state index contributed by atoms with van der Waals surface area (Å²) in [7, 11) is -3.74. The predicted octanol–water partition coefficient (Wildman–Crippen LogP) is 1.94. The van der Waals surface area contributed by atoms with Crippen LogP contribution in [0.25, 0.3) is 0 Å². The summed E-state index contributed by atoms with van der Waals surface area (Å²) in [6.07, 6.45) is -4.82. The fourth-order valence-corrected chi connectivity index (χ4v) is 4.37. The maximum atomic E-state index is 12.4. The number of alkyl halides is 3. The summed E-state index contributed by atoms with van der Waals surface area (Å²) in [5, 5.41) is 3.02. The molecule has 5 nitrogen and oxygen atoms in total. The van der Waals surface area contributed by atoms with Gasteiger partial charge in [-0.25, -0.2) is 8.42 Å². The summed E-state index contributed by atoms with van der Waals surface area (Å²) >= 11 is 2.99. The summed E-state index contributed by atoms with van der Waals surface area (Å²) < 4.78 is 66.3. The highest BCUT2D eigenvalue weighted by Gasteiger charge is 2.32. The average Bonchev–Trinajstić information content (AvgIpc) is 2.37. The van der Waals surface area contributed by atoms with Crippen molar-refractivity contribution in [3.8, 4) is 5.75 Å². The highest BCUT2D eigenvalue weighted by Crippen LogP contribution is 2.31. The molecule has 0 aliphatic carbocycles. The molecule has 1 fully saturated rings. The Kier molecular flexibility index (Phi) is 4.81. The van der Waals surface area contributed by atoms with E-state index in [0.717, 1.165) is 18.2 Å². The zero-order valence-corrected chi connectivity index (χ0v) is 13.1. The van der Waals surface area contributed by atoms with E-state index in [4.69, 9.17) is 0 Å². The van der Waals surface area contributed by atoms with Gasteiger partial charge in [0.05, 0.1) is 4.90 Å². The molecule has 1 N–H and O–H groups in total. The van der Waals surface area contributed by atoms with Gasteiger partial charge in [0.2, 0.25) is 10.0 Å². The van der Waals surface area contributed by atoms with Crippen molar-refractivity contribution < 1.29 is 26.3 Å². The molecule has 0 radical (unpaired) electrons. The Morgan fingerprint density at radius 3 is 2.38 bits per heavy atom. The van der Waals surface area contributed by atoms with Crippen molar-refractivity contribution in [1.82, 2.24) is 9.62 Å². The van der Waals surface area contributed by atoms with Crippen molar-refractivity contribution in [2.24, 2.45) is 0 Å². The minimum atomic E-state index is -4.82. The number of hydrogen-bond donors (Lipinski definition) is 1. The second kappa shape index (κ2) is 6.11. The zero-order chi connectivity index (χ0) is 15.7. The quantitative estimate of drug-likeness (QED) is 0.859. The summed E-state index contributed by atoms with van der Waals surface area (Å²) in [5.74, 6) is -0.478. The number of benzene rings is 1. The van der Waals surface area contributed by atoms with E-state index >= 15 is 0 Å². The molecule has 2 rings (SSSR count). The van der Waals surface area contributed by atoms with E-state index in [2.05, 4.69) is 26.0 Å². The maximum Gasteiger partial charge on any atom is 0.573 e. The molecule has 0 aromatic heterocycles.